The molecular weight excluding hydrogens is 372 g/mol. The van der Waals surface area contributed by atoms with Gasteiger partial charge in [-0.1, -0.05) is 36.4 Å². The molecule has 132 valence electrons. The molecule has 0 aliphatic heterocycles. The number of hydrogen-bond acceptors (Lipinski definition) is 7. The van der Waals surface area contributed by atoms with Crippen LogP contribution in [-0.2, 0) is 16.0 Å². The third-order valence-corrected chi connectivity index (χ3v) is 5.03. The molecular formula is C17H14N4O3S2. The lowest BCUT2D eigenvalue weighted by molar-refractivity contribution is -0.137. The molecule has 0 saturated heterocycles. The predicted molar refractivity (Wildman–Crippen MR) is 98.8 cm³/mol. The summed E-state index contributed by atoms with van der Waals surface area (Å²) in [6, 6.07) is 11.7. The van der Waals surface area contributed by atoms with Crippen molar-refractivity contribution < 1.29 is 14.4 Å². The van der Waals surface area contributed by atoms with Gasteiger partial charge in [0.15, 0.2) is 5.69 Å². The van der Waals surface area contributed by atoms with E-state index in [9.17, 15) is 14.4 Å². The first kappa shape index (κ1) is 17.9. The smallest absolute Gasteiger partial charge is 0.287 e. The molecule has 2 heterocycles. The van der Waals surface area contributed by atoms with Crippen LogP contribution in [0.25, 0.3) is 11.3 Å². The van der Waals surface area contributed by atoms with Crippen molar-refractivity contribution in [3.63, 3.8) is 0 Å². The zero-order chi connectivity index (χ0) is 18.5. The number of nitrogens with two attached hydrogens (primary N) is 1. The molecule has 2 aromatic heterocycles. The molecule has 0 bridgehead atoms. The lowest BCUT2D eigenvalue weighted by Gasteiger charge is -2.15. The number of ketones is 1. The highest BCUT2D eigenvalue weighted by Gasteiger charge is 2.28. The van der Waals surface area contributed by atoms with Crippen molar-refractivity contribution in [2.75, 3.05) is 0 Å². The topological polar surface area (TPSA) is 115 Å². The molecule has 3 N–H and O–H groups in total. The highest BCUT2D eigenvalue weighted by molar-refractivity contribution is 7.09. The molecule has 3 rings (SSSR count). The normalized spacial score (nSPS) is 11.7. The van der Waals surface area contributed by atoms with E-state index >= 15 is 0 Å². The average molecular weight is 386 g/mol. The van der Waals surface area contributed by atoms with Gasteiger partial charge in [-0.05, 0) is 11.4 Å². The summed E-state index contributed by atoms with van der Waals surface area (Å²) in [4.78, 5) is 36.9. The number of thiophene rings is 1. The van der Waals surface area contributed by atoms with Crippen LogP contribution in [0.15, 0.2) is 47.8 Å². The summed E-state index contributed by atoms with van der Waals surface area (Å²) in [5, 5.41) is 4.42. The zero-order valence-electron chi connectivity index (χ0n) is 13.4. The van der Waals surface area contributed by atoms with E-state index in [0.29, 0.717) is 5.69 Å². The Labute approximate surface area is 157 Å². The average Bonchev–Trinajstić information content (AvgIpc) is 3.32. The molecule has 3 aromatic rings. The summed E-state index contributed by atoms with van der Waals surface area (Å²) in [5.74, 6) is -2.52. The Bertz CT molecular complexity index is 923. The van der Waals surface area contributed by atoms with Crippen molar-refractivity contribution in [1.29, 1.82) is 0 Å². The fourth-order valence-electron chi connectivity index (χ4n) is 2.36. The number of Topliss-reactive ketones (excluding diaryl/α,β-unsaturated/α-hetero) is 1. The van der Waals surface area contributed by atoms with Crippen LogP contribution in [0, 0.1) is 0 Å². The van der Waals surface area contributed by atoms with E-state index in [4.69, 9.17) is 5.73 Å². The second kappa shape index (κ2) is 7.98. The van der Waals surface area contributed by atoms with Gasteiger partial charge in [0.05, 0.1) is 11.7 Å². The van der Waals surface area contributed by atoms with E-state index < -0.39 is 23.6 Å². The molecule has 1 atom stereocenters. The third-order valence-electron chi connectivity index (χ3n) is 3.60. The number of nitrogens with zero attached hydrogens (tertiary/aromatic N) is 2. The summed E-state index contributed by atoms with van der Waals surface area (Å²) < 4.78 is 8.21. The van der Waals surface area contributed by atoms with Crippen LogP contribution < -0.4 is 11.1 Å². The first-order valence-corrected chi connectivity index (χ1v) is 9.22. The van der Waals surface area contributed by atoms with E-state index in [2.05, 4.69) is 14.1 Å². The minimum absolute atomic E-state index is 0.106. The van der Waals surface area contributed by atoms with E-state index in [1.165, 1.54) is 11.3 Å². The summed E-state index contributed by atoms with van der Waals surface area (Å²) in [6.07, 6.45) is 0.184. The molecule has 0 fully saturated rings. The third kappa shape index (κ3) is 4.01. The SMILES string of the molecule is NC(=O)C(=O)C(Cc1cccs1)NC(=O)c1nsnc1-c1ccccc1. The van der Waals surface area contributed by atoms with Crippen LogP contribution in [0.4, 0.5) is 0 Å². The fourth-order valence-corrected chi connectivity index (χ4v) is 3.68. The minimum atomic E-state index is -1.09. The Morgan fingerprint density at radius 3 is 2.50 bits per heavy atom. The molecule has 0 radical (unpaired) electrons. The Balaban J connectivity index is 1.83. The Morgan fingerprint density at radius 1 is 1.08 bits per heavy atom. The van der Waals surface area contributed by atoms with Gasteiger partial charge in [-0.25, -0.2) is 0 Å². The maximum absolute atomic E-state index is 12.7. The van der Waals surface area contributed by atoms with Crippen molar-refractivity contribution in [3.05, 3.63) is 58.4 Å². The molecule has 1 aromatic carbocycles. The van der Waals surface area contributed by atoms with Gasteiger partial charge in [0.1, 0.15) is 11.7 Å². The largest absolute Gasteiger partial charge is 0.363 e. The molecule has 1 unspecified atom stereocenters. The minimum Gasteiger partial charge on any atom is -0.363 e. The van der Waals surface area contributed by atoms with Crippen LogP contribution >= 0.6 is 23.1 Å². The van der Waals surface area contributed by atoms with Crippen LogP contribution in [0.2, 0.25) is 0 Å². The lowest BCUT2D eigenvalue weighted by Crippen LogP contribution is -2.47. The van der Waals surface area contributed by atoms with E-state index in [1.54, 1.807) is 0 Å². The van der Waals surface area contributed by atoms with Gasteiger partial charge in [0.25, 0.3) is 11.8 Å². The van der Waals surface area contributed by atoms with Crippen molar-refractivity contribution in [1.82, 2.24) is 14.1 Å². The van der Waals surface area contributed by atoms with Crippen LogP contribution in [-0.4, -0.2) is 32.4 Å². The van der Waals surface area contributed by atoms with Crippen molar-refractivity contribution in [2.45, 2.75) is 12.5 Å². The number of carbonyl (C=O) groups excluding carboxylic acids is 3. The number of nitrogens with one attached hydrogen (secondary N) is 1. The maximum atomic E-state index is 12.7. The molecule has 9 heteroatoms. The van der Waals surface area contributed by atoms with Gasteiger partial charge in [-0.15, -0.1) is 11.3 Å². The molecule has 0 aliphatic carbocycles. The van der Waals surface area contributed by atoms with Crippen molar-refractivity contribution in [2.24, 2.45) is 5.73 Å². The molecule has 0 aliphatic rings. The number of hydrogen-bond donors (Lipinski definition) is 2. The first-order valence-electron chi connectivity index (χ1n) is 7.61. The highest BCUT2D eigenvalue weighted by atomic mass is 32.1. The summed E-state index contributed by atoms with van der Waals surface area (Å²) >= 11 is 2.32. The van der Waals surface area contributed by atoms with Gasteiger partial charge in [0, 0.05) is 16.9 Å². The number of benzene rings is 1. The quantitative estimate of drug-likeness (QED) is 0.599. The number of amides is 2. The standard InChI is InChI=1S/C17H14N4O3S2/c18-16(23)15(22)12(9-11-7-4-8-25-11)19-17(24)14-13(20-26-21-14)10-5-2-1-3-6-10/h1-8,12H,9H2,(H2,18,23)(H,19,24). The van der Waals surface area contributed by atoms with Crippen LogP contribution in [0.3, 0.4) is 0 Å². The Kier molecular flexibility index (Phi) is 5.49. The lowest BCUT2D eigenvalue weighted by atomic mass is 10.1. The second-order valence-electron chi connectivity index (χ2n) is 5.37. The van der Waals surface area contributed by atoms with Crippen LogP contribution in [0.1, 0.15) is 15.4 Å². The van der Waals surface area contributed by atoms with Crippen LogP contribution in [0.5, 0.6) is 0 Å². The van der Waals surface area contributed by atoms with Gasteiger partial charge in [-0.3, -0.25) is 14.4 Å². The molecule has 0 saturated carbocycles. The van der Waals surface area contributed by atoms with Crippen molar-refractivity contribution >= 4 is 40.7 Å². The molecule has 0 spiro atoms. The Morgan fingerprint density at radius 2 is 1.85 bits per heavy atom. The number of rotatable bonds is 7. The van der Waals surface area contributed by atoms with Crippen molar-refractivity contribution in [3.8, 4) is 11.3 Å². The van der Waals surface area contributed by atoms with Gasteiger partial charge in [0.2, 0.25) is 5.78 Å². The van der Waals surface area contributed by atoms with Gasteiger partial charge >= 0.3 is 0 Å². The zero-order valence-corrected chi connectivity index (χ0v) is 15.0. The monoisotopic (exact) mass is 386 g/mol. The highest BCUT2D eigenvalue weighted by Crippen LogP contribution is 2.21. The number of aromatic nitrogens is 2. The summed E-state index contributed by atoms with van der Waals surface area (Å²) in [6.45, 7) is 0. The van der Waals surface area contributed by atoms with E-state index in [0.717, 1.165) is 22.2 Å². The summed E-state index contributed by atoms with van der Waals surface area (Å²) in [7, 11) is 0. The summed E-state index contributed by atoms with van der Waals surface area (Å²) in [5.41, 5.74) is 6.39. The molecule has 2 amide bonds. The van der Waals surface area contributed by atoms with E-state index in [1.807, 2.05) is 47.8 Å². The van der Waals surface area contributed by atoms with E-state index in [-0.39, 0.29) is 12.1 Å². The molecule has 26 heavy (non-hydrogen) atoms. The fraction of sp³-hybridized carbons (Fsp3) is 0.118. The number of carbonyl (C=O) groups is 3. The maximum Gasteiger partial charge on any atom is 0.287 e. The first-order chi connectivity index (χ1) is 12.6. The number of primary amides is 1. The van der Waals surface area contributed by atoms with Gasteiger partial charge in [-0.2, -0.15) is 8.75 Å². The Hall–Kier alpha value is -2.91. The van der Waals surface area contributed by atoms with Gasteiger partial charge < -0.3 is 11.1 Å². The second-order valence-corrected chi connectivity index (χ2v) is 6.93. The predicted octanol–water partition coefficient (Wildman–Crippen LogP) is 1.66. The molecule has 7 nitrogen and oxygen atoms in total.